The number of aryl methyl sites for hydroxylation is 1. The lowest BCUT2D eigenvalue weighted by atomic mass is 10.2. The molecule has 11 heteroatoms. The average Bonchev–Trinajstić information content (AvgIpc) is 3.08. The third kappa shape index (κ3) is 4.60. The maximum atomic E-state index is 13.3. The van der Waals surface area contributed by atoms with Crippen LogP contribution in [0.5, 0.6) is 0 Å². The molecule has 1 atom stereocenters. The second-order valence-electron chi connectivity index (χ2n) is 7.53. The van der Waals surface area contributed by atoms with Crippen LogP contribution in [0.3, 0.4) is 0 Å². The maximum Gasteiger partial charge on any atom is 0.332 e. The average molecular weight is 469 g/mol. The van der Waals surface area contributed by atoms with Crippen LogP contribution in [0.1, 0.15) is 32.3 Å². The first kappa shape index (κ1) is 23.2. The van der Waals surface area contributed by atoms with Gasteiger partial charge in [-0.3, -0.25) is 13.9 Å². The van der Waals surface area contributed by atoms with Crippen LogP contribution in [0.2, 0.25) is 5.02 Å². The Labute approximate surface area is 184 Å². The van der Waals surface area contributed by atoms with Crippen LogP contribution in [0, 0.1) is 0 Å². The fourth-order valence-electron chi connectivity index (χ4n) is 3.38. The number of benzene rings is 1. The second kappa shape index (κ2) is 8.97. The molecule has 1 aromatic carbocycles. The van der Waals surface area contributed by atoms with Gasteiger partial charge < -0.3 is 9.67 Å². The normalized spacial score (nSPS) is 13.1. The number of aromatic nitrogens is 4. The summed E-state index contributed by atoms with van der Waals surface area (Å²) in [6.07, 6.45) is -0.122. The predicted molar refractivity (Wildman–Crippen MR) is 118 cm³/mol. The van der Waals surface area contributed by atoms with Gasteiger partial charge in [-0.2, -0.15) is 4.98 Å². The smallest absolute Gasteiger partial charge is 0.332 e. The molecule has 0 saturated carbocycles. The van der Waals surface area contributed by atoms with Gasteiger partial charge in [0.2, 0.25) is 15.0 Å². The Kier molecular flexibility index (Phi) is 6.73. The highest BCUT2D eigenvalue weighted by Gasteiger charge is 2.27. The van der Waals surface area contributed by atoms with E-state index in [1.807, 2.05) is 0 Å². The molecule has 1 N–H and O–H groups in total. The maximum absolute atomic E-state index is 13.3. The van der Waals surface area contributed by atoms with Gasteiger partial charge in [-0.25, -0.2) is 13.2 Å². The van der Waals surface area contributed by atoms with Crippen molar-refractivity contribution in [2.24, 2.45) is 7.05 Å². The first-order chi connectivity index (χ1) is 14.6. The number of sulfone groups is 1. The Morgan fingerprint density at radius 1 is 1.16 bits per heavy atom. The zero-order valence-corrected chi connectivity index (χ0v) is 19.1. The molecule has 0 amide bonds. The van der Waals surface area contributed by atoms with Crippen LogP contribution in [-0.2, 0) is 30.0 Å². The fourth-order valence-corrected chi connectivity index (χ4v) is 4.94. The molecule has 2 aromatic heterocycles. The van der Waals surface area contributed by atoms with Gasteiger partial charge in [0.25, 0.3) is 5.56 Å². The van der Waals surface area contributed by atoms with Gasteiger partial charge in [0, 0.05) is 18.6 Å². The minimum absolute atomic E-state index is 0.00226. The minimum Gasteiger partial charge on any atom is -0.393 e. The summed E-state index contributed by atoms with van der Waals surface area (Å²) in [5, 5.41) is 9.87. The Hall–Kier alpha value is -2.43. The summed E-state index contributed by atoms with van der Waals surface area (Å²) < 4.78 is 29.4. The van der Waals surface area contributed by atoms with Crippen LogP contribution >= 0.6 is 11.6 Å². The van der Waals surface area contributed by atoms with E-state index in [4.69, 9.17) is 11.6 Å². The molecular weight excluding hydrogens is 444 g/mol. The van der Waals surface area contributed by atoms with Gasteiger partial charge in [-0.1, -0.05) is 30.7 Å². The molecule has 1 unspecified atom stereocenters. The van der Waals surface area contributed by atoms with E-state index in [1.165, 1.54) is 16.2 Å². The van der Waals surface area contributed by atoms with Gasteiger partial charge in [0.05, 0.1) is 18.4 Å². The quantitative estimate of drug-likeness (QED) is 0.536. The van der Waals surface area contributed by atoms with E-state index < -0.39 is 27.2 Å². The standard InChI is InChI=1S/C20H25ClN4O5S/c1-4-11-31(29,30)19-22-17-16(25(19)12-14-5-7-15(21)8-6-14)18(27)24(10-9-13(2)26)20(28)23(17)3/h5-8,13,26H,4,9-12H2,1-3H3. The molecule has 0 saturated heterocycles. The van der Waals surface area contributed by atoms with Gasteiger partial charge >= 0.3 is 5.69 Å². The van der Waals surface area contributed by atoms with E-state index in [-0.39, 0.29) is 41.6 Å². The molecule has 0 aliphatic carbocycles. The van der Waals surface area contributed by atoms with E-state index in [2.05, 4.69) is 4.98 Å². The van der Waals surface area contributed by atoms with E-state index in [0.717, 1.165) is 10.1 Å². The highest BCUT2D eigenvalue weighted by atomic mass is 35.5. The van der Waals surface area contributed by atoms with E-state index in [0.29, 0.717) is 11.4 Å². The first-order valence-corrected chi connectivity index (χ1v) is 11.9. The molecule has 0 bridgehead atoms. The molecule has 0 fully saturated rings. The summed E-state index contributed by atoms with van der Waals surface area (Å²) in [5.41, 5.74) is -0.503. The Bertz CT molecular complexity index is 1320. The van der Waals surface area contributed by atoms with Gasteiger partial charge in [0.15, 0.2) is 11.2 Å². The van der Waals surface area contributed by atoms with Crippen LogP contribution in [0.25, 0.3) is 11.2 Å². The zero-order chi connectivity index (χ0) is 22.9. The van der Waals surface area contributed by atoms with Gasteiger partial charge in [-0.05, 0) is 37.5 Å². The Morgan fingerprint density at radius 2 is 1.81 bits per heavy atom. The number of nitrogens with zero attached hydrogens (tertiary/aromatic N) is 4. The topological polar surface area (TPSA) is 116 Å². The van der Waals surface area contributed by atoms with Gasteiger partial charge in [0.1, 0.15) is 0 Å². The molecular formula is C20H25ClN4O5S. The third-order valence-corrected chi connectivity index (χ3v) is 7.04. The van der Waals surface area contributed by atoms with Crippen molar-refractivity contribution in [2.75, 3.05) is 5.75 Å². The largest absolute Gasteiger partial charge is 0.393 e. The highest BCUT2D eigenvalue weighted by molar-refractivity contribution is 7.91. The summed E-state index contributed by atoms with van der Waals surface area (Å²) in [5.74, 6) is -0.138. The van der Waals surface area contributed by atoms with Crippen LogP contribution in [-0.4, -0.2) is 44.1 Å². The number of imidazole rings is 1. The number of aliphatic hydroxyl groups excluding tert-OH is 1. The van der Waals surface area contributed by atoms with Crippen LogP contribution in [0.15, 0.2) is 39.0 Å². The van der Waals surface area contributed by atoms with E-state index in [1.54, 1.807) is 38.1 Å². The molecule has 3 aromatic rings. The molecule has 31 heavy (non-hydrogen) atoms. The minimum atomic E-state index is -3.79. The summed E-state index contributed by atoms with van der Waals surface area (Å²) >= 11 is 5.95. The van der Waals surface area contributed by atoms with Crippen molar-refractivity contribution in [1.29, 1.82) is 0 Å². The van der Waals surface area contributed by atoms with Crippen molar-refractivity contribution in [3.8, 4) is 0 Å². The summed E-state index contributed by atoms with van der Waals surface area (Å²) in [7, 11) is -2.35. The molecule has 0 radical (unpaired) electrons. The number of rotatable bonds is 8. The van der Waals surface area contributed by atoms with Crippen LogP contribution in [0.4, 0.5) is 0 Å². The molecule has 3 rings (SSSR count). The molecule has 0 spiro atoms. The van der Waals surface area contributed by atoms with E-state index in [9.17, 15) is 23.1 Å². The summed E-state index contributed by atoms with van der Waals surface area (Å²) in [6, 6.07) is 6.82. The molecule has 0 aliphatic heterocycles. The Morgan fingerprint density at radius 3 is 2.39 bits per heavy atom. The highest BCUT2D eigenvalue weighted by Crippen LogP contribution is 2.20. The molecule has 2 heterocycles. The predicted octanol–water partition coefficient (Wildman–Crippen LogP) is 1.55. The lowest BCUT2D eigenvalue weighted by Crippen LogP contribution is -2.40. The Balaban J connectivity index is 2.34. The fraction of sp³-hybridized carbons (Fsp3) is 0.450. The third-order valence-electron chi connectivity index (χ3n) is 4.97. The van der Waals surface area contributed by atoms with E-state index >= 15 is 0 Å². The van der Waals surface area contributed by atoms with Crippen molar-refractivity contribution in [2.45, 2.75) is 51.0 Å². The van der Waals surface area contributed by atoms with Crippen molar-refractivity contribution >= 4 is 32.6 Å². The van der Waals surface area contributed by atoms with Crippen molar-refractivity contribution < 1.29 is 13.5 Å². The number of hydrogen-bond acceptors (Lipinski definition) is 6. The SMILES string of the molecule is CCCS(=O)(=O)c1nc2c(c(=O)n(CCC(C)O)c(=O)n2C)n1Cc1ccc(Cl)cc1. The summed E-state index contributed by atoms with van der Waals surface area (Å²) in [6.45, 7) is 3.37. The van der Waals surface area contributed by atoms with Gasteiger partial charge in [-0.15, -0.1) is 0 Å². The number of aliphatic hydroxyl groups is 1. The number of halogens is 1. The summed E-state index contributed by atoms with van der Waals surface area (Å²) in [4.78, 5) is 30.2. The lowest BCUT2D eigenvalue weighted by molar-refractivity contribution is 0.177. The van der Waals surface area contributed by atoms with Crippen molar-refractivity contribution in [3.63, 3.8) is 0 Å². The molecule has 168 valence electrons. The monoisotopic (exact) mass is 468 g/mol. The lowest BCUT2D eigenvalue weighted by Gasteiger charge is -2.12. The molecule has 0 aliphatic rings. The zero-order valence-electron chi connectivity index (χ0n) is 17.6. The number of hydrogen-bond donors (Lipinski definition) is 1. The first-order valence-electron chi connectivity index (χ1n) is 9.92. The van der Waals surface area contributed by atoms with Crippen LogP contribution < -0.4 is 11.2 Å². The second-order valence-corrected chi connectivity index (χ2v) is 9.97. The molecule has 9 nitrogen and oxygen atoms in total. The number of fused-ring (bicyclic) bond motifs is 1. The van der Waals surface area contributed by atoms with Crippen molar-refractivity contribution in [3.05, 3.63) is 55.7 Å². The van der Waals surface area contributed by atoms with Crippen molar-refractivity contribution in [1.82, 2.24) is 18.7 Å².